The highest BCUT2D eigenvalue weighted by Crippen LogP contribution is 2.57. The first-order valence-corrected chi connectivity index (χ1v) is 20.0. The molecule has 0 fully saturated rings. The van der Waals surface area contributed by atoms with Crippen LogP contribution in [0.3, 0.4) is 0 Å². The lowest BCUT2D eigenvalue weighted by atomic mass is 9.42. The number of anilines is 5. The zero-order valence-corrected chi connectivity index (χ0v) is 32.5. The predicted octanol–water partition coefficient (Wildman–Crippen LogP) is 12.7. The number of benzene rings is 7. The van der Waals surface area contributed by atoms with Crippen LogP contribution in [0.25, 0.3) is 42.4 Å². The molecular weight excluding hydrogens is 671 g/mol. The van der Waals surface area contributed by atoms with Gasteiger partial charge in [-0.15, -0.1) is 11.3 Å². The summed E-state index contributed by atoms with van der Waals surface area (Å²) in [5.41, 5.74) is 19.6. The first-order chi connectivity index (χ1) is 26.1. The summed E-state index contributed by atoms with van der Waals surface area (Å²) in [5, 5.41) is 2.67. The Morgan fingerprint density at radius 2 is 1.31 bits per heavy atom. The van der Waals surface area contributed by atoms with Crippen LogP contribution in [-0.2, 0) is 10.8 Å². The van der Waals surface area contributed by atoms with E-state index in [1.165, 1.54) is 104 Å². The van der Waals surface area contributed by atoms with E-state index in [9.17, 15) is 0 Å². The van der Waals surface area contributed by atoms with Crippen molar-refractivity contribution < 1.29 is 0 Å². The van der Waals surface area contributed by atoms with Crippen molar-refractivity contribution in [3.63, 3.8) is 0 Å². The summed E-state index contributed by atoms with van der Waals surface area (Å²) < 4.78 is 2.70. The van der Waals surface area contributed by atoms with Crippen molar-refractivity contribution in [3.05, 3.63) is 162 Å². The van der Waals surface area contributed by atoms with E-state index in [1.54, 1.807) is 0 Å². The molecule has 7 aromatic carbocycles. The fourth-order valence-electron chi connectivity index (χ4n) is 9.84. The van der Waals surface area contributed by atoms with Crippen LogP contribution in [0.1, 0.15) is 56.9 Å². The zero-order chi connectivity index (χ0) is 36.7. The minimum absolute atomic E-state index is 0.00947. The molecule has 3 aliphatic rings. The van der Waals surface area contributed by atoms with Gasteiger partial charge in [-0.1, -0.05) is 138 Å². The average Bonchev–Trinajstić information content (AvgIpc) is 3.56. The molecule has 0 radical (unpaired) electrons. The number of hydrogen-bond acceptors (Lipinski definition) is 3. The number of para-hydroxylation sites is 2. The summed E-state index contributed by atoms with van der Waals surface area (Å²) in [4.78, 5) is 5.35. The summed E-state index contributed by atoms with van der Waals surface area (Å²) >= 11 is 1.95. The smallest absolute Gasteiger partial charge is 0.334 e. The second-order valence-electron chi connectivity index (χ2n) is 17.0. The average molecular weight is 713 g/mol. The normalized spacial score (nSPS) is 14.9. The highest BCUT2D eigenvalue weighted by Gasteiger charge is 2.50. The van der Waals surface area contributed by atoms with Gasteiger partial charge in [0.2, 0.25) is 0 Å². The second-order valence-corrected chi connectivity index (χ2v) is 18.1. The molecule has 0 atom stereocenters. The zero-order valence-electron chi connectivity index (χ0n) is 31.7. The highest BCUT2D eigenvalue weighted by molar-refractivity contribution is 7.27. The van der Waals surface area contributed by atoms with E-state index in [0.29, 0.717) is 0 Å². The van der Waals surface area contributed by atoms with Crippen LogP contribution in [0.2, 0.25) is 0 Å². The third kappa shape index (κ3) is 4.23. The molecule has 0 saturated heterocycles. The Hall–Kier alpha value is -5.58. The number of thiophene rings is 1. The van der Waals surface area contributed by atoms with Crippen molar-refractivity contribution in [1.29, 1.82) is 0 Å². The maximum Gasteiger partial charge on any atom is 0.334 e. The van der Waals surface area contributed by atoms with Gasteiger partial charge in [0, 0.05) is 59.5 Å². The SMILES string of the molecule is Cc1cc2c3c(c1)N(c1ccc(C(C)(C)C)cc1-c1ccccc1)c1ccc4c(sc5ccccc54)c1B3N1c3ccccc3C(C)(C)c3cccc-2c31. The van der Waals surface area contributed by atoms with Gasteiger partial charge in [-0.05, 0) is 93.0 Å². The first kappa shape index (κ1) is 31.9. The van der Waals surface area contributed by atoms with E-state index in [4.69, 9.17) is 0 Å². The molecule has 1 aromatic heterocycles. The van der Waals surface area contributed by atoms with Crippen molar-refractivity contribution in [3.8, 4) is 22.3 Å². The van der Waals surface area contributed by atoms with Crippen LogP contribution in [0.4, 0.5) is 28.4 Å². The van der Waals surface area contributed by atoms with Crippen molar-refractivity contribution in [2.45, 2.75) is 52.4 Å². The minimum Gasteiger partial charge on any atom is -0.376 e. The minimum atomic E-state index is -0.144. The number of hydrogen-bond donors (Lipinski definition) is 0. The van der Waals surface area contributed by atoms with Crippen molar-refractivity contribution >= 4 is 77.7 Å². The van der Waals surface area contributed by atoms with E-state index < -0.39 is 0 Å². The highest BCUT2D eigenvalue weighted by atomic mass is 32.1. The Morgan fingerprint density at radius 1 is 0.574 bits per heavy atom. The van der Waals surface area contributed by atoms with Crippen LogP contribution in [0.15, 0.2) is 140 Å². The fraction of sp³-hybridized carbons (Fsp3) is 0.160. The van der Waals surface area contributed by atoms with Crippen LogP contribution in [0, 0.1) is 6.92 Å². The molecule has 0 amide bonds. The first-order valence-electron chi connectivity index (χ1n) is 19.2. The van der Waals surface area contributed by atoms with Crippen LogP contribution in [-0.4, -0.2) is 6.85 Å². The number of aryl methyl sites for hydroxylation is 1. The third-order valence-corrected chi connectivity index (χ3v) is 13.6. The molecule has 8 aromatic rings. The Balaban J connectivity index is 1.32. The molecule has 0 unspecified atom stereocenters. The van der Waals surface area contributed by atoms with Crippen molar-refractivity contribution in [2.75, 3.05) is 9.71 Å². The molecule has 2 nitrogen and oxygen atoms in total. The van der Waals surface area contributed by atoms with E-state index in [0.717, 1.165) is 0 Å². The maximum atomic E-state index is 2.73. The molecule has 4 heteroatoms. The summed E-state index contributed by atoms with van der Waals surface area (Å²) in [6.45, 7) is 14.0. The second kappa shape index (κ2) is 11.0. The van der Waals surface area contributed by atoms with E-state index in [1.807, 2.05) is 11.3 Å². The van der Waals surface area contributed by atoms with Gasteiger partial charge in [-0.25, -0.2) is 0 Å². The lowest BCUT2D eigenvalue weighted by Gasteiger charge is -2.51. The lowest BCUT2D eigenvalue weighted by molar-refractivity contribution is 0.590. The maximum absolute atomic E-state index is 2.73. The number of fused-ring (bicyclic) bond motifs is 10. The predicted molar refractivity (Wildman–Crippen MR) is 234 cm³/mol. The van der Waals surface area contributed by atoms with E-state index in [2.05, 4.69) is 191 Å². The Morgan fingerprint density at radius 3 is 2.15 bits per heavy atom. The monoisotopic (exact) mass is 712 g/mol. The molecule has 0 saturated carbocycles. The molecule has 54 heavy (non-hydrogen) atoms. The lowest BCUT2D eigenvalue weighted by Crippen LogP contribution is -2.63. The summed E-state index contributed by atoms with van der Waals surface area (Å²) in [7, 11) is 0. The van der Waals surface area contributed by atoms with Crippen LogP contribution in [0.5, 0.6) is 0 Å². The molecule has 260 valence electrons. The van der Waals surface area contributed by atoms with Crippen molar-refractivity contribution in [2.24, 2.45) is 0 Å². The van der Waals surface area contributed by atoms with Gasteiger partial charge in [0.25, 0.3) is 0 Å². The topological polar surface area (TPSA) is 6.48 Å². The Kier molecular flexibility index (Phi) is 6.50. The fourth-order valence-corrected chi connectivity index (χ4v) is 11.1. The summed E-state index contributed by atoms with van der Waals surface area (Å²) in [5.74, 6) is 0. The molecule has 0 aliphatic carbocycles. The number of nitrogens with zero attached hydrogens (tertiary/aromatic N) is 2. The van der Waals surface area contributed by atoms with Gasteiger partial charge < -0.3 is 9.71 Å². The molecule has 4 heterocycles. The van der Waals surface area contributed by atoms with Gasteiger partial charge in [-0.3, -0.25) is 0 Å². The van der Waals surface area contributed by atoms with Gasteiger partial charge in [0.15, 0.2) is 0 Å². The molecule has 11 rings (SSSR count). The van der Waals surface area contributed by atoms with Crippen molar-refractivity contribution in [1.82, 2.24) is 0 Å². The van der Waals surface area contributed by atoms with Gasteiger partial charge in [-0.2, -0.15) is 0 Å². The van der Waals surface area contributed by atoms with Crippen LogP contribution >= 0.6 is 11.3 Å². The Bertz CT molecular complexity index is 2880. The quantitative estimate of drug-likeness (QED) is 0.165. The van der Waals surface area contributed by atoms with Gasteiger partial charge in [0.1, 0.15) is 0 Å². The van der Waals surface area contributed by atoms with Gasteiger partial charge >= 0.3 is 6.85 Å². The third-order valence-electron chi connectivity index (χ3n) is 12.4. The van der Waals surface area contributed by atoms with Gasteiger partial charge in [0.05, 0.1) is 5.69 Å². The molecule has 0 N–H and O–H groups in total. The molecular formula is C50H41BN2S. The summed E-state index contributed by atoms with van der Waals surface area (Å²) in [6, 6.07) is 53.1. The molecule has 0 bridgehead atoms. The molecule has 3 aliphatic heterocycles. The number of rotatable bonds is 2. The van der Waals surface area contributed by atoms with E-state index >= 15 is 0 Å². The summed E-state index contributed by atoms with van der Waals surface area (Å²) in [6.07, 6.45) is 0. The Labute approximate surface area is 322 Å². The molecule has 0 spiro atoms. The van der Waals surface area contributed by atoms with Crippen LogP contribution < -0.4 is 20.6 Å². The largest absolute Gasteiger partial charge is 0.376 e. The van der Waals surface area contributed by atoms with E-state index in [-0.39, 0.29) is 17.7 Å². The standard InChI is InChI=1S/C50H41BN2S/c1-30-27-37-34-18-14-20-39-47(34)53(41-21-12-11-19-38(41)50(39,5)6)51-45(37)43(28-30)52(42-26-24-35-33-17-10-13-22-44(33)54-48(35)46(42)51)40-25-23-32(49(2,3)4)29-36(40)31-15-8-7-9-16-31/h7-29H,1-6H3.